The van der Waals surface area contributed by atoms with Gasteiger partial charge in [-0.3, -0.25) is 4.79 Å². The van der Waals surface area contributed by atoms with Gasteiger partial charge in [0.25, 0.3) is 0 Å². The van der Waals surface area contributed by atoms with Gasteiger partial charge in [-0.1, -0.05) is 11.6 Å². The molecule has 3 aromatic rings. The molecule has 0 radical (unpaired) electrons. The van der Waals surface area contributed by atoms with Crippen molar-refractivity contribution in [3.8, 4) is 22.9 Å². The van der Waals surface area contributed by atoms with Crippen LogP contribution in [0.3, 0.4) is 0 Å². The lowest BCUT2D eigenvalue weighted by atomic mass is 9.89. The van der Waals surface area contributed by atoms with E-state index in [4.69, 9.17) is 5.73 Å². The van der Waals surface area contributed by atoms with Crippen LogP contribution in [0.15, 0.2) is 36.7 Å². The zero-order valence-corrected chi connectivity index (χ0v) is 15.8. The predicted molar refractivity (Wildman–Crippen MR) is 105 cm³/mol. The van der Waals surface area contributed by atoms with Crippen molar-refractivity contribution in [2.75, 3.05) is 12.3 Å². The molecule has 28 heavy (non-hydrogen) atoms. The van der Waals surface area contributed by atoms with Crippen LogP contribution in [0, 0.1) is 18.3 Å². The number of nitriles is 1. The minimum Gasteiger partial charge on any atom is -0.383 e. The van der Waals surface area contributed by atoms with Crippen molar-refractivity contribution in [1.82, 2.24) is 19.7 Å². The van der Waals surface area contributed by atoms with Crippen molar-refractivity contribution in [3.05, 3.63) is 59.0 Å². The molecule has 0 atom stereocenters. The fourth-order valence-corrected chi connectivity index (χ4v) is 3.72. The number of hydrogen-bond acceptors (Lipinski definition) is 5. The fourth-order valence-electron chi connectivity index (χ4n) is 3.72. The minimum atomic E-state index is 0.00322. The average Bonchev–Trinajstić information content (AvgIpc) is 3.21. The second kappa shape index (κ2) is 6.82. The average molecular weight is 372 g/mol. The van der Waals surface area contributed by atoms with E-state index in [1.165, 1.54) is 0 Å². The molecule has 0 saturated carbocycles. The highest BCUT2D eigenvalue weighted by Gasteiger charge is 2.27. The van der Waals surface area contributed by atoms with Crippen molar-refractivity contribution >= 4 is 11.7 Å². The second-order valence-electron chi connectivity index (χ2n) is 6.95. The molecule has 2 aromatic heterocycles. The normalized spacial score (nSPS) is 13.1. The second-order valence-corrected chi connectivity index (χ2v) is 6.95. The molecule has 1 aliphatic rings. The maximum atomic E-state index is 12.0. The molecule has 0 saturated heterocycles. The Bertz CT molecular complexity index is 1110. The van der Waals surface area contributed by atoms with Crippen LogP contribution in [-0.2, 0) is 17.8 Å². The Balaban J connectivity index is 2.04. The zero-order chi connectivity index (χ0) is 19.8. The molecule has 0 unspecified atom stereocenters. The van der Waals surface area contributed by atoms with Crippen LogP contribution in [0.1, 0.15) is 29.3 Å². The Hall–Kier alpha value is -3.66. The highest BCUT2D eigenvalue weighted by Crippen LogP contribution is 2.38. The van der Waals surface area contributed by atoms with Gasteiger partial charge in [0, 0.05) is 55.5 Å². The first-order valence-electron chi connectivity index (χ1n) is 9.07. The van der Waals surface area contributed by atoms with Crippen LogP contribution in [0.2, 0.25) is 0 Å². The van der Waals surface area contributed by atoms with Gasteiger partial charge in [0.15, 0.2) is 0 Å². The number of amides is 1. The Morgan fingerprint density at radius 1 is 1.36 bits per heavy atom. The van der Waals surface area contributed by atoms with Crippen molar-refractivity contribution in [2.45, 2.75) is 26.8 Å². The molecule has 4 rings (SSSR count). The molecule has 0 spiro atoms. The summed E-state index contributed by atoms with van der Waals surface area (Å²) in [7, 11) is 0. The summed E-state index contributed by atoms with van der Waals surface area (Å²) in [4.78, 5) is 18.2. The van der Waals surface area contributed by atoms with Gasteiger partial charge < -0.3 is 10.6 Å². The molecule has 1 aromatic carbocycles. The predicted octanol–water partition coefficient (Wildman–Crippen LogP) is 2.60. The third-order valence-corrected chi connectivity index (χ3v) is 5.11. The van der Waals surface area contributed by atoms with Crippen molar-refractivity contribution in [2.24, 2.45) is 0 Å². The number of carbonyl (C=O) groups excluding carboxylic acids is 1. The van der Waals surface area contributed by atoms with E-state index in [2.05, 4.69) is 16.2 Å². The molecule has 7 nitrogen and oxygen atoms in total. The lowest BCUT2D eigenvalue weighted by Crippen LogP contribution is -2.35. The van der Waals surface area contributed by atoms with Crippen LogP contribution in [-0.4, -0.2) is 32.1 Å². The maximum absolute atomic E-state index is 12.0. The Kier molecular flexibility index (Phi) is 4.32. The van der Waals surface area contributed by atoms with E-state index in [0.29, 0.717) is 25.1 Å². The lowest BCUT2D eigenvalue weighted by molar-refractivity contribution is -0.129. The number of carbonyl (C=O) groups is 1. The number of nitrogens with two attached hydrogens (primary N) is 1. The zero-order valence-electron chi connectivity index (χ0n) is 15.8. The number of aryl methyl sites for hydroxylation is 1. The van der Waals surface area contributed by atoms with Gasteiger partial charge in [-0.15, -0.1) is 0 Å². The molecule has 1 aliphatic heterocycles. The van der Waals surface area contributed by atoms with E-state index in [1.807, 2.05) is 37.4 Å². The molecule has 0 aliphatic carbocycles. The Morgan fingerprint density at radius 3 is 2.86 bits per heavy atom. The first-order valence-corrected chi connectivity index (χ1v) is 9.07. The summed E-state index contributed by atoms with van der Waals surface area (Å²) in [6.45, 7) is 4.57. The third-order valence-electron chi connectivity index (χ3n) is 5.11. The van der Waals surface area contributed by atoms with E-state index in [9.17, 15) is 10.1 Å². The molecule has 0 fully saturated rings. The summed E-state index contributed by atoms with van der Waals surface area (Å²) in [6, 6.07) is 10.1. The summed E-state index contributed by atoms with van der Waals surface area (Å²) < 4.78 is 1.77. The Labute approximate surface area is 163 Å². The van der Waals surface area contributed by atoms with Crippen molar-refractivity contribution in [1.29, 1.82) is 5.26 Å². The first-order chi connectivity index (χ1) is 13.5. The largest absolute Gasteiger partial charge is 0.383 e. The van der Waals surface area contributed by atoms with E-state index < -0.39 is 0 Å². The molecular formula is C21H20N6O. The highest BCUT2D eigenvalue weighted by molar-refractivity contribution is 5.85. The smallest absolute Gasteiger partial charge is 0.219 e. The van der Waals surface area contributed by atoms with Gasteiger partial charge >= 0.3 is 0 Å². The monoisotopic (exact) mass is 372 g/mol. The van der Waals surface area contributed by atoms with Crippen LogP contribution in [0.25, 0.3) is 16.8 Å². The number of fused-ring (bicyclic) bond motifs is 1. The summed E-state index contributed by atoms with van der Waals surface area (Å²) in [5, 5.41) is 14.2. The molecule has 2 N–H and O–H groups in total. The van der Waals surface area contributed by atoms with Crippen LogP contribution in [0.4, 0.5) is 5.82 Å². The lowest BCUT2D eigenvalue weighted by Gasteiger charge is -2.30. The Morgan fingerprint density at radius 2 is 2.18 bits per heavy atom. The number of aromatic nitrogens is 3. The number of pyridine rings is 1. The molecule has 7 heteroatoms. The topological polar surface area (TPSA) is 101 Å². The number of nitrogens with zero attached hydrogens (tertiary/aromatic N) is 5. The molecule has 0 bridgehead atoms. The number of rotatable bonds is 2. The van der Waals surface area contributed by atoms with Crippen LogP contribution in [0.5, 0.6) is 0 Å². The standard InChI is InChI=1S/C21H20N6O/c1-13-4-5-19(27-8-3-7-24-27)15(10-13)20-16(11-22)21(23)25-18-6-9-26(14(2)28)12-17(18)20/h3-5,7-8,10H,6,9,12H2,1-2H3,(H2,23,25). The number of nitrogen functional groups attached to an aromatic ring is 1. The number of benzene rings is 1. The van der Waals surface area contributed by atoms with E-state index in [-0.39, 0.29) is 11.7 Å². The van der Waals surface area contributed by atoms with Gasteiger partial charge in [0.1, 0.15) is 17.5 Å². The van der Waals surface area contributed by atoms with Gasteiger partial charge in [0.2, 0.25) is 5.91 Å². The van der Waals surface area contributed by atoms with Crippen molar-refractivity contribution < 1.29 is 4.79 Å². The SMILES string of the molecule is CC(=O)N1CCc2nc(N)c(C#N)c(-c3cc(C)ccc3-n3cccn3)c2C1. The molecule has 1 amide bonds. The van der Waals surface area contributed by atoms with E-state index >= 15 is 0 Å². The quantitative estimate of drug-likeness (QED) is 0.745. The third kappa shape index (κ3) is 2.89. The minimum absolute atomic E-state index is 0.00322. The van der Waals surface area contributed by atoms with Gasteiger partial charge in [-0.05, 0) is 25.1 Å². The summed E-state index contributed by atoms with van der Waals surface area (Å²) in [6.07, 6.45) is 4.18. The number of hydrogen-bond donors (Lipinski definition) is 1. The first kappa shape index (κ1) is 17.7. The molecular weight excluding hydrogens is 352 g/mol. The summed E-state index contributed by atoms with van der Waals surface area (Å²) >= 11 is 0. The highest BCUT2D eigenvalue weighted by atomic mass is 16.2. The van der Waals surface area contributed by atoms with Crippen molar-refractivity contribution in [3.63, 3.8) is 0 Å². The van der Waals surface area contributed by atoms with E-state index in [0.717, 1.165) is 33.6 Å². The molecule has 3 heterocycles. The van der Waals surface area contributed by atoms with Crippen LogP contribution < -0.4 is 5.73 Å². The summed E-state index contributed by atoms with van der Waals surface area (Å²) in [5.74, 6) is 0.226. The van der Waals surface area contributed by atoms with Gasteiger partial charge in [-0.2, -0.15) is 10.4 Å². The fraction of sp³-hybridized carbons (Fsp3) is 0.238. The summed E-state index contributed by atoms with van der Waals surface area (Å²) in [5.41, 5.74) is 11.7. The number of anilines is 1. The van der Waals surface area contributed by atoms with Gasteiger partial charge in [-0.25, -0.2) is 9.67 Å². The van der Waals surface area contributed by atoms with E-state index in [1.54, 1.807) is 22.7 Å². The molecule has 140 valence electrons. The van der Waals surface area contributed by atoms with Crippen LogP contribution >= 0.6 is 0 Å². The maximum Gasteiger partial charge on any atom is 0.219 e. The van der Waals surface area contributed by atoms with Gasteiger partial charge in [0.05, 0.1) is 11.4 Å².